The first-order chi connectivity index (χ1) is 12.9. The first-order valence-electron chi connectivity index (χ1n) is 7.82. The van der Waals surface area contributed by atoms with Gasteiger partial charge in [-0.15, -0.1) is 0 Å². The molecule has 3 rings (SSSR count). The summed E-state index contributed by atoms with van der Waals surface area (Å²) in [7, 11) is 4.40. The number of benzene rings is 2. The number of methoxy groups -OCH3 is 3. The van der Waals surface area contributed by atoms with Gasteiger partial charge in [0.2, 0.25) is 5.75 Å². The number of hydrogen-bond donors (Lipinski definition) is 0. The molecule has 0 amide bonds. The Labute approximate surface area is 153 Å². The predicted molar refractivity (Wildman–Crippen MR) is 92.0 cm³/mol. The fourth-order valence-corrected chi connectivity index (χ4v) is 2.72. The fraction of sp³-hybridized carbons (Fsp3) is 0.211. The van der Waals surface area contributed by atoms with Crippen LogP contribution in [0.1, 0.15) is 5.56 Å². The van der Waals surface area contributed by atoms with Gasteiger partial charge in [0.1, 0.15) is 5.69 Å². The number of alkyl halides is 3. The molecule has 2 aromatic carbocycles. The molecule has 142 valence electrons. The first-order valence-corrected chi connectivity index (χ1v) is 7.82. The molecule has 0 atom stereocenters. The van der Waals surface area contributed by atoms with Gasteiger partial charge in [-0.25, -0.2) is 0 Å². The van der Waals surface area contributed by atoms with Crippen LogP contribution in [-0.4, -0.2) is 26.5 Å². The summed E-state index contributed by atoms with van der Waals surface area (Å²) in [5.74, 6) is 1.44. The fourth-order valence-electron chi connectivity index (χ4n) is 2.72. The zero-order valence-corrected chi connectivity index (χ0v) is 14.8. The minimum absolute atomic E-state index is 0.0626. The largest absolute Gasteiger partial charge is 0.493 e. The van der Waals surface area contributed by atoms with Crippen molar-refractivity contribution in [1.29, 1.82) is 0 Å². The Morgan fingerprint density at radius 1 is 0.889 bits per heavy atom. The molecule has 1 heterocycles. The molecule has 0 radical (unpaired) electrons. The molecular formula is C19H16F3NO4. The lowest BCUT2D eigenvalue weighted by atomic mass is 10.0. The van der Waals surface area contributed by atoms with Gasteiger partial charge >= 0.3 is 6.18 Å². The molecule has 0 aliphatic rings. The average molecular weight is 379 g/mol. The quantitative estimate of drug-likeness (QED) is 0.621. The van der Waals surface area contributed by atoms with Crippen LogP contribution in [0.4, 0.5) is 13.2 Å². The van der Waals surface area contributed by atoms with E-state index in [1.807, 2.05) is 0 Å². The summed E-state index contributed by atoms with van der Waals surface area (Å²) < 4.78 is 60.8. The van der Waals surface area contributed by atoms with Gasteiger partial charge < -0.3 is 18.7 Å². The van der Waals surface area contributed by atoms with E-state index < -0.39 is 11.7 Å². The summed E-state index contributed by atoms with van der Waals surface area (Å²) in [5, 5.41) is 3.80. The number of rotatable bonds is 5. The molecule has 0 bridgehead atoms. The van der Waals surface area contributed by atoms with Gasteiger partial charge in [-0.2, -0.15) is 13.2 Å². The highest BCUT2D eigenvalue weighted by molar-refractivity contribution is 5.72. The highest BCUT2D eigenvalue weighted by Gasteiger charge is 2.34. The summed E-state index contributed by atoms with van der Waals surface area (Å²) in [6.45, 7) is 0. The van der Waals surface area contributed by atoms with Crippen molar-refractivity contribution in [3.8, 4) is 39.8 Å². The Morgan fingerprint density at radius 3 is 2.07 bits per heavy atom. The standard InChI is InChI=1S/C19H16F3NO4/c1-24-16-8-11(9-17(25-2)18(16)26-3)15-10-14(23-27-15)12-6-4-5-7-13(12)19(20,21)22/h4-10H,1-3H3. The van der Waals surface area contributed by atoms with E-state index in [2.05, 4.69) is 5.16 Å². The van der Waals surface area contributed by atoms with Crippen molar-refractivity contribution in [2.24, 2.45) is 0 Å². The maximum absolute atomic E-state index is 13.2. The molecule has 0 N–H and O–H groups in total. The van der Waals surface area contributed by atoms with Crippen molar-refractivity contribution in [2.45, 2.75) is 6.18 Å². The van der Waals surface area contributed by atoms with E-state index in [4.69, 9.17) is 18.7 Å². The Kier molecular flexibility index (Phi) is 4.98. The summed E-state index contributed by atoms with van der Waals surface area (Å²) in [6, 6.07) is 9.88. The van der Waals surface area contributed by atoms with E-state index in [1.165, 1.54) is 45.6 Å². The van der Waals surface area contributed by atoms with Gasteiger partial charge in [0.15, 0.2) is 17.3 Å². The Morgan fingerprint density at radius 2 is 1.52 bits per heavy atom. The van der Waals surface area contributed by atoms with Crippen LogP contribution in [0.3, 0.4) is 0 Å². The summed E-state index contributed by atoms with van der Waals surface area (Å²) >= 11 is 0. The summed E-state index contributed by atoms with van der Waals surface area (Å²) in [5.41, 5.74) is -0.249. The van der Waals surface area contributed by atoms with Crippen LogP contribution in [0.5, 0.6) is 17.2 Å². The predicted octanol–water partition coefficient (Wildman–Crippen LogP) is 5.05. The minimum Gasteiger partial charge on any atom is -0.493 e. The van der Waals surface area contributed by atoms with Crippen LogP contribution >= 0.6 is 0 Å². The second-order valence-electron chi connectivity index (χ2n) is 5.53. The topological polar surface area (TPSA) is 53.7 Å². The van der Waals surface area contributed by atoms with Crippen LogP contribution in [0.2, 0.25) is 0 Å². The van der Waals surface area contributed by atoms with Gasteiger partial charge in [0.05, 0.1) is 26.9 Å². The third-order valence-corrected chi connectivity index (χ3v) is 3.97. The van der Waals surface area contributed by atoms with Gasteiger partial charge in [-0.3, -0.25) is 0 Å². The molecule has 0 aliphatic carbocycles. The van der Waals surface area contributed by atoms with E-state index in [1.54, 1.807) is 12.1 Å². The molecule has 1 aromatic heterocycles. The van der Waals surface area contributed by atoms with Crippen LogP contribution in [-0.2, 0) is 6.18 Å². The smallest absolute Gasteiger partial charge is 0.417 e. The zero-order valence-electron chi connectivity index (χ0n) is 14.8. The Hall–Kier alpha value is -3.16. The normalized spacial score (nSPS) is 11.3. The van der Waals surface area contributed by atoms with Gasteiger partial charge in [-0.1, -0.05) is 23.4 Å². The molecule has 0 saturated carbocycles. The summed E-state index contributed by atoms with van der Waals surface area (Å²) in [6.07, 6.45) is -4.50. The van der Waals surface area contributed by atoms with E-state index in [9.17, 15) is 13.2 Å². The van der Waals surface area contributed by atoms with Gasteiger partial charge in [0, 0.05) is 17.2 Å². The van der Waals surface area contributed by atoms with Crippen LogP contribution in [0, 0.1) is 0 Å². The van der Waals surface area contributed by atoms with Crippen molar-refractivity contribution in [2.75, 3.05) is 21.3 Å². The molecule has 27 heavy (non-hydrogen) atoms. The van der Waals surface area contributed by atoms with Crippen molar-refractivity contribution < 1.29 is 31.9 Å². The molecule has 0 saturated heterocycles. The number of halogens is 3. The molecule has 8 heteroatoms. The average Bonchev–Trinajstić information content (AvgIpc) is 3.16. The van der Waals surface area contributed by atoms with E-state index >= 15 is 0 Å². The maximum atomic E-state index is 13.2. The van der Waals surface area contributed by atoms with Crippen LogP contribution < -0.4 is 14.2 Å². The van der Waals surface area contributed by atoms with Crippen LogP contribution in [0.25, 0.3) is 22.6 Å². The minimum atomic E-state index is -4.50. The monoisotopic (exact) mass is 379 g/mol. The highest BCUT2D eigenvalue weighted by atomic mass is 19.4. The van der Waals surface area contributed by atoms with Gasteiger partial charge in [0.25, 0.3) is 0 Å². The number of ether oxygens (including phenoxy) is 3. The maximum Gasteiger partial charge on any atom is 0.417 e. The molecule has 0 aliphatic heterocycles. The third kappa shape index (κ3) is 3.55. The van der Waals surface area contributed by atoms with E-state index in [0.717, 1.165) is 6.07 Å². The van der Waals surface area contributed by atoms with E-state index in [-0.39, 0.29) is 17.0 Å². The zero-order chi connectivity index (χ0) is 19.6. The summed E-state index contributed by atoms with van der Waals surface area (Å²) in [4.78, 5) is 0. The number of nitrogens with zero attached hydrogens (tertiary/aromatic N) is 1. The number of aromatic nitrogens is 1. The second kappa shape index (κ2) is 7.22. The lowest BCUT2D eigenvalue weighted by Gasteiger charge is -2.13. The van der Waals surface area contributed by atoms with Crippen molar-refractivity contribution in [3.63, 3.8) is 0 Å². The second-order valence-corrected chi connectivity index (χ2v) is 5.53. The Balaban J connectivity index is 2.08. The Bertz CT molecular complexity index is 925. The van der Waals surface area contributed by atoms with Gasteiger partial charge in [-0.05, 0) is 18.2 Å². The molecule has 5 nitrogen and oxygen atoms in total. The number of hydrogen-bond acceptors (Lipinski definition) is 5. The molecular weight excluding hydrogens is 363 g/mol. The molecule has 0 unspecified atom stereocenters. The van der Waals surface area contributed by atoms with E-state index in [0.29, 0.717) is 22.8 Å². The van der Waals surface area contributed by atoms with Crippen molar-refractivity contribution >= 4 is 0 Å². The lowest BCUT2D eigenvalue weighted by molar-refractivity contribution is -0.137. The molecule has 0 spiro atoms. The van der Waals surface area contributed by atoms with Crippen LogP contribution in [0.15, 0.2) is 47.0 Å². The third-order valence-electron chi connectivity index (χ3n) is 3.97. The lowest BCUT2D eigenvalue weighted by Crippen LogP contribution is -2.06. The van der Waals surface area contributed by atoms with Crippen molar-refractivity contribution in [1.82, 2.24) is 5.16 Å². The van der Waals surface area contributed by atoms with Crippen molar-refractivity contribution in [3.05, 3.63) is 48.0 Å². The first kappa shape index (κ1) is 18.6. The highest BCUT2D eigenvalue weighted by Crippen LogP contribution is 2.42. The SMILES string of the molecule is COc1cc(-c2cc(-c3ccccc3C(F)(F)F)no2)cc(OC)c1OC. The molecule has 3 aromatic rings. The molecule has 0 fully saturated rings.